The molecule has 1 aliphatic rings. The molecule has 0 aromatic heterocycles. The van der Waals surface area contributed by atoms with E-state index in [0.717, 1.165) is 37.2 Å². The molecule has 1 amide bonds. The third-order valence-electron chi connectivity index (χ3n) is 4.29. The van der Waals surface area contributed by atoms with Crippen LogP contribution in [0.15, 0.2) is 48.5 Å². The second-order valence-corrected chi connectivity index (χ2v) is 6.04. The van der Waals surface area contributed by atoms with E-state index in [1.165, 1.54) is 17.7 Å². The molecule has 0 spiro atoms. The van der Waals surface area contributed by atoms with Gasteiger partial charge in [-0.15, -0.1) is 0 Å². The highest BCUT2D eigenvalue weighted by Gasteiger charge is 2.24. The summed E-state index contributed by atoms with van der Waals surface area (Å²) in [5.41, 5.74) is 3.37. The Kier molecular flexibility index (Phi) is 4.72. The fourth-order valence-electron chi connectivity index (χ4n) is 2.96. The Hall–Kier alpha value is -2.20. The molecule has 1 aliphatic heterocycles. The maximum atomic E-state index is 12.9. The number of hydrogen-bond acceptors (Lipinski definition) is 2. The molecule has 23 heavy (non-hydrogen) atoms. The van der Waals surface area contributed by atoms with E-state index < -0.39 is 0 Å². The summed E-state index contributed by atoms with van der Waals surface area (Å²) in [6, 6.07) is 14.6. The maximum absolute atomic E-state index is 12.9. The van der Waals surface area contributed by atoms with Gasteiger partial charge in [-0.05, 0) is 49.2 Å². The molecule has 0 atom stereocenters. The normalized spacial score (nSPS) is 13.4. The van der Waals surface area contributed by atoms with Crippen molar-refractivity contribution >= 4 is 11.6 Å². The molecule has 4 heteroatoms. The summed E-state index contributed by atoms with van der Waals surface area (Å²) in [5.74, 6) is -0.0819. The Morgan fingerprint density at radius 3 is 2.70 bits per heavy atom. The van der Waals surface area contributed by atoms with Crippen LogP contribution in [0.3, 0.4) is 0 Å². The van der Waals surface area contributed by atoms with Crippen LogP contribution in [-0.4, -0.2) is 37.5 Å². The van der Waals surface area contributed by atoms with Gasteiger partial charge in [-0.1, -0.05) is 30.3 Å². The van der Waals surface area contributed by atoms with Gasteiger partial charge in [0.25, 0.3) is 0 Å². The third kappa shape index (κ3) is 3.77. The summed E-state index contributed by atoms with van der Waals surface area (Å²) in [6.45, 7) is 1.94. The van der Waals surface area contributed by atoms with Gasteiger partial charge in [0.15, 0.2) is 0 Å². The van der Waals surface area contributed by atoms with Gasteiger partial charge in [-0.3, -0.25) is 9.69 Å². The Bertz CT molecular complexity index is 684. The molecule has 3 nitrogen and oxygen atoms in total. The Morgan fingerprint density at radius 2 is 1.91 bits per heavy atom. The van der Waals surface area contributed by atoms with Gasteiger partial charge in [0.1, 0.15) is 5.82 Å². The van der Waals surface area contributed by atoms with E-state index in [1.807, 2.05) is 35.0 Å². The quantitative estimate of drug-likeness (QED) is 0.847. The van der Waals surface area contributed by atoms with Crippen LogP contribution in [0.1, 0.15) is 11.1 Å². The lowest BCUT2D eigenvalue weighted by Gasteiger charge is -2.22. The molecule has 0 N–H and O–H groups in total. The average molecular weight is 312 g/mol. The molecule has 3 rings (SSSR count). The van der Waals surface area contributed by atoms with Crippen LogP contribution < -0.4 is 4.90 Å². The third-order valence-corrected chi connectivity index (χ3v) is 4.29. The summed E-state index contributed by atoms with van der Waals surface area (Å²) in [6.07, 6.45) is 1.74. The molecule has 2 aromatic carbocycles. The van der Waals surface area contributed by atoms with E-state index in [9.17, 15) is 9.18 Å². The topological polar surface area (TPSA) is 23.6 Å². The van der Waals surface area contributed by atoms with Crippen molar-refractivity contribution in [3.63, 3.8) is 0 Å². The lowest BCUT2D eigenvalue weighted by atomic mass is 10.1. The summed E-state index contributed by atoms with van der Waals surface area (Å²) < 4.78 is 12.9. The number of anilines is 1. The Balaban J connectivity index is 1.53. The first-order valence-corrected chi connectivity index (χ1v) is 7.95. The fraction of sp³-hybridized carbons (Fsp3) is 0.316. The Morgan fingerprint density at radius 1 is 1.17 bits per heavy atom. The summed E-state index contributed by atoms with van der Waals surface area (Å²) >= 11 is 0. The van der Waals surface area contributed by atoms with Crippen LogP contribution >= 0.6 is 0 Å². The SMILES string of the molecule is CN(CCc1ccc(F)cc1)CC(=O)N1CCc2ccccc21. The van der Waals surface area contributed by atoms with Gasteiger partial charge >= 0.3 is 0 Å². The van der Waals surface area contributed by atoms with E-state index in [1.54, 1.807) is 12.1 Å². The number of carbonyl (C=O) groups excluding carboxylic acids is 1. The fourth-order valence-corrected chi connectivity index (χ4v) is 2.96. The van der Waals surface area contributed by atoms with Crippen molar-refractivity contribution in [2.45, 2.75) is 12.8 Å². The van der Waals surface area contributed by atoms with Crippen LogP contribution in [0.4, 0.5) is 10.1 Å². The van der Waals surface area contributed by atoms with Gasteiger partial charge < -0.3 is 4.90 Å². The minimum absolute atomic E-state index is 0.136. The molecular weight excluding hydrogens is 291 g/mol. The van der Waals surface area contributed by atoms with Crippen molar-refractivity contribution in [3.8, 4) is 0 Å². The predicted octanol–water partition coefficient (Wildman–Crippen LogP) is 2.89. The Labute approximate surface area is 136 Å². The number of fused-ring (bicyclic) bond motifs is 1. The summed E-state index contributed by atoms with van der Waals surface area (Å²) in [7, 11) is 1.95. The molecule has 1 heterocycles. The van der Waals surface area contributed by atoms with Crippen molar-refractivity contribution in [3.05, 3.63) is 65.5 Å². The van der Waals surface area contributed by atoms with Gasteiger partial charge in [-0.2, -0.15) is 0 Å². The molecule has 120 valence electrons. The number of rotatable bonds is 5. The largest absolute Gasteiger partial charge is 0.311 e. The number of benzene rings is 2. The molecule has 0 saturated heterocycles. The van der Waals surface area contributed by atoms with Crippen LogP contribution in [0.2, 0.25) is 0 Å². The number of para-hydroxylation sites is 1. The first-order chi connectivity index (χ1) is 11.1. The van der Waals surface area contributed by atoms with E-state index in [-0.39, 0.29) is 11.7 Å². The van der Waals surface area contributed by atoms with Gasteiger partial charge in [0.2, 0.25) is 5.91 Å². The number of hydrogen-bond donors (Lipinski definition) is 0. The minimum atomic E-state index is -0.218. The summed E-state index contributed by atoms with van der Waals surface area (Å²) in [5, 5.41) is 0. The van der Waals surface area contributed by atoms with Gasteiger partial charge in [0, 0.05) is 18.8 Å². The van der Waals surface area contributed by atoms with Gasteiger partial charge in [-0.25, -0.2) is 4.39 Å². The van der Waals surface area contributed by atoms with Crippen molar-refractivity contribution in [2.24, 2.45) is 0 Å². The molecule has 0 unspecified atom stereocenters. The standard InChI is InChI=1S/C19H21FN2O/c1-21(12-10-15-6-8-17(20)9-7-15)14-19(23)22-13-11-16-4-2-3-5-18(16)22/h2-9H,10-14H2,1H3. The number of halogens is 1. The highest BCUT2D eigenvalue weighted by atomic mass is 19.1. The predicted molar refractivity (Wildman–Crippen MR) is 90.1 cm³/mol. The monoisotopic (exact) mass is 312 g/mol. The van der Waals surface area contributed by atoms with Gasteiger partial charge in [0.05, 0.1) is 6.54 Å². The van der Waals surface area contributed by atoms with Crippen LogP contribution in [0.5, 0.6) is 0 Å². The first-order valence-electron chi connectivity index (χ1n) is 7.95. The highest BCUT2D eigenvalue weighted by Crippen LogP contribution is 2.27. The molecule has 0 bridgehead atoms. The highest BCUT2D eigenvalue weighted by molar-refractivity contribution is 5.96. The van der Waals surface area contributed by atoms with E-state index in [4.69, 9.17) is 0 Å². The maximum Gasteiger partial charge on any atom is 0.241 e. The summed E-state index contributed by atoms with van der Waals surface area (Å²) in [4.78, 5) is 16.4. The molecule has 0 fully saturated rings. The minimum Gasteiger partial charge on any atom is -0.311 e. The van der Waals surface area contributed by atoms with E-state index >= 15 is 0 Å². The smallest absolute Gasteiger partial charge is 0.241 e. The average Bonchev–Trinajstić information content (AvgIpc) is 2.98. The molecular formula is C19H21FN2O. The second-order valence-electron chi connectivity index (χ2n) is 6.04. The first kappa shape index (κ1) is 15.7. The lowest BCUT2D eigenvalue weighted by molar-refractivity contribution is -0.119. The van der Waals surface area contributed by atoms with Crippen molar-refractivity contribution in [2.75, 3.05) is 31.6 Å². The van der Waals surface area contributed by atoms with Crippen molar-refractivity contribution in [1.82, 2.24) is 4.90 Å². The van der Waals surface area contributed by atoms with Crippen LogP contribution in [0.25, 0.3) is 0 Å². The van der Waals surface area contributed by atoms with E-state index in [0.29, 0.717) is 6.54 Å². The van der Waals surface area contributed by atoms with Crippen molar-refractivity contribution in [1.29, 1.82) is 0 Å². The van der Waals surface area contributed by atoms with Crippen LogP contribution in [-0.2, 0) is 17.6 Å². The zero-order chi connectivity index (χ0) is 16.2. The molecule has 0 aliphatic carbocycles. The number of likely N-dealkylation sites (N-methyl/N-ethyl adjacent to an activating group) is 1. The number of nitrogens with zero attached hydrogens (tertiary/aromatic N) is 2. The van der Waals surface area contributed by atoms with Crippen molar-refractivity contribution < 1.29 is 9.18 Å². The molecule has 2 aromatic rings. The molecule has 0 radical (unpaired) electrons. The lowest BCUT2D eigenvalue weighted by Crippen LogP contribution is -2.38. The molecule has 0 saturated carbocycles. The number of amides is 1. The van der Waals surface area contributed by atoms with E-state index in [2.05, 4.69) is 6.07 Å². The van der Waals surface area contributed by atoms with Crippen LogP contribution in [0, 0.1) is 5.82 Å². The zero-order valence-corrected chi connectivity index (χ0v) is 13.3. The number of carbonyl (C=O) groups is 1. The second kappa shape index (κ2) is 6.92. The zero-order valence-electron chi connectivity index (χ0n) is 13.3.